The lowest BCUT2D eigenvalue weighted by atomic mass is 9.94. The van der Waals surface area contributed by atoms with Crippen molar-refractivity contribution in [2.24, 2.45) is 5.73 Å². The third-order valence-electron chi connectivity index (χ3n) is 5.52. The molecule has 0 bridgehead atoms. The smallest absolute Gasteiger partial charge is 0.251 e. The Bertz CT molecular complexity index is 1470. The molecule has 9 nitrogen and oxygen atoms in total. The quantitative estimate of drug-likeness (QED) is 0.318. The van der Waals surface area contributed by atoms with Crippen LogP contribution in [0.25, 0.3) is 22.9 Å². The lowest BCUT2D eigenvalue weighted by molar-refractivity contribution is 0.0951. The molecule has 1 atom stereocenters. The minimum absolute atomic E-state index is 0.243. The maximum atomic E-state index is 13.0. The van der Waals surface area contributed by atoms with Gasteiger partial charge in [0.05, 0.1) is 18.3 Å². The van der Waals surface area contributed by atoms with Gasteiger partial charge in [-0.25, -0.2) is 9.97 Å². The number of carbonyl (C=O) groups is 1. The molecule has 0 radical (unpaired) electrons. The Morgan fingerprint density at radius 2 is 1.89 bits per heavy atom. The molecule has 1 amide bonds. The molecule has 0 saturated carbocycles. The van der Waals surface area contributed by atoms with Gasteiger partial charge in [-0.1, -0.05) is 30.3 Å². The largest absolute Gasteiger partial charge is 0.445 e. The Balaban J connectivity index is 1.44. The maximum Gasteiger partial charge on any atom is 0.251 e. The van der Waals surface area contributed by atoms with Crippen molar-refractivity contribution in [2.75, 3.05) is 0 Å². The van der Waals surface area contributed by atoms with Crippen LogP contribution in [-0.2, 0) is 18.5 Å². The monoisotopic (exact) mass is 500 g/mol. The van der Waals surface area contributed by atoms with Crippen molar-refractivity contribution in [1.29, 1.82) is 0 Å². The van der Waals surface area contributed by atoms with E-state index < -0.39 is 5.54 Å². The Morgan fingerprint density at radius 3 is 2.58 bits per heavy atom. The molecule has 0 saturated heterocycles. The summed E-state index contributed by atoms with van der Waals surface area (Å²) in [6.07, 6.45) is 3.54. The average Bonchev–Trinajstić information content (AvgIpc) is 3.65. The van der Waals surface area contributed by atoms with E-state index in [0.29, 0.717) is 41.4 Å². The zero-order valence-corrected chi connectivity index (χ0v) is 20.6. The Hall–Kier alpha value is -4.15. The van der Waals surface area contributed by atoms with Gasteiger partial charge >= 0.3 is 0 Å². The molecular formula is C26H24N6O3S. The van der Waals surface area contributed by atoms with E-state index in [-0.39, 0.29) is 11.8 Å². The Labute approximate surface area is 211 Å². The number of nitrogens with two attached hydrogens (primary N) is 1. The highest BCUT2D eigenvalue weighted by atomic mass is 32.1. The summed E-state index contributed by atoms with van der Waals surface area (Å²) in [7, 11) is 0. The highest BCUT2D eigenvalue weighted by molar-refractivity contribution is 7.09. The van der Waals surface area contributed by atoms with Crippen LogP contribution in [-0.4, -0.2) is 26.1 Å². The summed E-state index contributed by atoms with van der Waals surface area (Å²) in [6.45, 7) is 4.09. The second-order valence-electron chi connectivity index (χ2n) is 8.69. The Morgan fingerprint density at radius 1 is 1.11 bits per heavy atom. The van der Waals surface area contributed by atoms with Crippen LogP contribution in [0.15, 0.2) is 75.2 Å². The van der Waals surface area contributed by atoms with Gasteiger partial charge in [-0.15, -0.1) is 21.5 Å². The van der Waals surface area contributed by atoms with E-state index in [4.69, 9.17) is 14.6 Å². The first kappa shape index (κ1) is 23.6. The van der Waals surface area contributed by atoms with E-state index in [0.717, 1.165) is 16.3 Å². The first-order valence-corrected chi connectivity index (χ1v) is 12.2. The number of rotatable bonds is 8. The third-order valence-corrected chi connectivity index (χ3v) is 6.48. The topological polar surface area (TPSA) is 133 Å². The fraction of sp³-hybridized carbons (Fsp3) is 0.192. The second kappa shape index (κ2) is 9.84. The van der Waals surface area contributed by atoms with Crippen LogP contribution in [0.2, 0.25) is 0 Å². The molecule has 5 aromatic rings. The van der Waals surface area contributed by atoms with Crippen LogP contribution in [0, 0.1) is 6.92 Å². The minimum atomic E-state index is -0.876. The first-order chi connectivity index (χ1) is 17.4. The number of carbonyl (C=O) groups excluding carboxylic acids is 1. The molecule has 3 heterocycles. The maximum absolute atomic E-state index is 13.0. The summed E-state index contributed by atoms with van der Waals surface area (Å²) in [5.74, 6) is 0.639. The lowest BCUT2D eigenvalue weighted by Gasteiger charge is -2.20. The third kappa shape index (κ3) is 5.24. The van der Waals surface area contributed by atoms with Crippen LogP contribution in [0.4, 0.5) is 0 Å². The van der Waals surface area contributed by atoms with Gasteiger partial charge in [-0.3, -0.25) is 4.79 Å². The average molecular weight is 501 g/mol. The second-order valence-corrected chi connectivity index (χ2v) is 9.64. The summed E-state index contributed by atoms with van der Waals surface area (Å²) in [4.78, 5) is 21.6. The molecule has 5 rings (SSSR count). The molecule has 36 heavy (non-hydrogen) atoms. The molecule has 10 heteroatoms. The van der Waals surface area contributed by atoms with Gasteiger partial charge in [-0.05, 0) is 44.0 Å². The number of hydrogen-bond donors (Lipinski definition) is 2. The molecule has 0 unspecified atom stereocenters. The standard InChI is InChI=1S/C26H24N6O3S/c1-16-15-36-21(30-16)14-29-22(33)18-10-19(23-28-8-9-34-23)12-20(11-18)24-31-32-25(35-24)26(2,27)13-17-6-4-3-5-7-17/h3-12,15H,13-14,27H2,1-2H3,(H,29,33)/t26-/m1/s1. The summed E-state index contributed by atoms with van der Waals surface area (Å²) in [5, 5.41) is 14.1. The van der Waals surface area contributed by atoms with Gasteiger partial charge in [0.25, 0.3) is 5.91 Å². The summed E-state index contributed by atoms with van der Waals surface area (Å²) >= 11 is 1.50. The Kier molecular flexibility index (Phi) is 6.45. The van der Waals surface area contributed by atoms with E-state index in [2.05, 4.69) is 25.5 Å². The number of aryl methyl sites for hydroxylation is 1. The number of amides is 1. The van der Waals surface area contributed by atoms with Crippen LogP contribution >= 0.6 is 11.3 Å². The summed E-state index contributed by atoms with van der Waals surface area (Å²) in [5.41, 5.74) is 9.21. The van der Waals surface area contributed by atoms with Gasteiger partial charge in [0.1, 0.15) is 11.3 Å². The van der Waals surface area contributed by atoms with E-state index in [9.17, 15) is 4.79 Å². The van der Waals surface area contributed by atoms with Crippen molar-refractivity contribution in [3.63, 3.8) is 0 Å². The molecule has 0 aliphatic rings. The molecule has 3 N–H and O–H groups in total. The SMILES string of the molecule is Cc1csc(CNC(=O)c2cc(-c3ncco3)cc(-c3nnc([C@](C)(N)Cc4ccccc4)o3)c2)n1. The number of hydrogen-bond acceptors (Lipinski definition) is 9. The van der Waals surface area contributed by atoms with E-state index >= 15 is 0 Å². The first-order valence-electron chi connectivity index (χ1n) is 11.3. The zero-order valence-electron chi connectivity index (χ0n) is 19.8. The van der Waals surface area contributed by atoms with Crippen LogP contribution < -0.4 is 11.1 Å². The van der Waals surface area contributed by atoms with Crippen molar-refractivity contribution < 1.29 is 13.6 Å². The van der Waals surface area contributed by atoms with Gasteiger partial charge in [0.2, 0.25) is 17.7 Å². The van der Waals surface area contributed by atoms with Crippen LogP contribution in [0.3, 0.4) is 0 Å². The lowest BCUT2D eigenvalue weighted by Crippen LogP contribution is -2.35. The highest BCUT2D eigenvalue weighted by Gasteiger charge is 2.29. The van der Waals surface area contributed by atoms with Crippen molar-refractivity contribution in [1.82, 2.24) is 25.5 Å². The molecule has 0 spiro atoms. The van der Waals surface area contributed by atoms with Crippen LogP contribution in [0.1, 0.15) is 39.4 Å². The fourth-order valence-electron chi connectivity index (χ4n) is 3.78. The summed E-state index contributed by atoms with van der Waals surface area (Å²) < 4.78 is 11.5. The van der Waals surface area contributed by atoms with Crippen molar-refractivity contribution in [3.05, 3.63) is 94.1 Å². The van der Waals surface area contributed by atoms with Crippen molar-refractivity contribution >= 4 is 17.2 Å². The molecule has 182 valence electrons. The van der Waals surface area contributed by atoms with Gasteiger partial charge < -0.3 is 19.9 Å². The number of thiazole rings is 1. The molecule has 0 fully saturated rings. The molecule has 0 aliphatic heterocycles. The van der Waals surface area contributed by atoms with Gasteiger partial charge in [-0.2, -0.15) is 0 Å². The normalized spacial score (nSPS) is 12.9. The predicted molar refractivity (Wildman–Crippen MR) is 135 cm³/mol. The number of nitrogens with zero attached hydrogens (tertiary/aromatic N) is 4. The molecule has 3 aromatic heterocycles. The van der Waals surface area contributed by atoms with Crippen molar-refractivity contribution in [3.8, 4) is 22.9 Å². The number of oxazole rings is 1. The highest BCUT2D eigenvalue weighted by Crippen LogP contribution is 2.30. The van der Waals surface area contributed by atoms with Gasteiger partial charge in [0, 0.05) is 27.8 Å². The summed E-state index contributed by atoms with van der Waals surface area (Å²) in [6, 6.07) is 15.1. The van der Waals surface area contributed by atoms with Crippen molar-refractivity contribution in [2.45, 2.75) is 32.4 Å². The number of nitrogens with one attached hydrogen (secondary N) is 1. The van der Waals surface area contributed by atoms with E-state index in [1.807, 2.05) is 49.6 Å². The number of benzene rings is 2. The van der Waals surface area contributed by atoms with Crippen LogP contribution in [0.5, 0.6) is 0 Å². The molecule has 0 aliphatic carbocycles. The van der Waals surface area contributed by atoms with E-state index in [1.54, 1.807) is 24.4 Å². The zero-order chi connectivity index (χ0) is 25.1. The molecular weight excluding hydrogens is 476 g/mol. The molecule has 2 aromatic carbocycles. The minimum Gasteiger partial charge on any atom is -0.445 e. The predicted octanol–water partition coefficient (Wildman–Crippen LogP) is 4.50. The van der Waals surface area contributed by atoms with E-state index in [1.165, 1.54) is 17.6 Å². The van der Waals surface area contributed by atoms with Gasteiger partial charge in [0.15, 0.2) is 0 Å². The fourth-order valence-corrected chi connectivity index (χ4v) is 4.49. The number of aromatic nitrogens is 4.